The van der Waals surface area contributed by atoms with Gasteiger partial charge in [0.05, 0.1) is 12.1 Å². The Balaban J connectivity index is 2.19. The van der Waals surface area contributed by atoms with E-state index in [4.69, 9.17) is 5.11 Å². The van der Waals surface area contributed by atoms with Crippen LogP contribution in [-0.2, 0) is 4.79 Å². The third kappa shape index (κ3) is 3.17. The molecule has 5 heteroatoms. The van der Waals surface area contributed by atoms with Crippen LogP contribution in [0.2, 0.25) is 0 Å². The van der Waals surface area contributed by atoms with Gasteiger partial charge in [0, 0.05) is 25.0 Å². The Bertz CT molecular complexity index is 499. The molecule has 1 aliphatic rings. The summed E-state index contributed by atoms with van der Waals surface area (Å²) < 4.78 is 0. The molecule has 0 aliphatic carbocycles. The maximum Gasteiger partial charge on any atom is 0.335 e. The number of rotatable bonds is 5. The Morgan fingerprint density at radius 2 is 2.15 bits per heavy atom. The van der Waals surface area contributed by atoms with Crippen LogP contribution in [0, 0.1) is 0 Å². The van der Waals surface area contributed by atoms with Crippen molar-refractivity contribution in [2.75, 3.05) is 13.1 Å². The third-order valence-electron chi connectivity index (χ3n) is 3.70. The van der Waals surface area contributed by atoms with Crippen molar-refractivity contribution in [3.8, 4) is 0 Å². The lowest BCUT2D eigenvalue weighted by atomic mass is 9.98. The zero-order valence-electron chi connectivity index (χ0n) is 11.6. The second-order valence-corrected chi connectivity index (χ2v) is 5.04. The van der Waals surface area contributed by atoms with Crippen molar-refractivity contribution in [1.29, 1.82) is 0 Å². The summed E-state index contributed by atoms with van der Waals surface area (Å²) in [7, 11) is 0. The number of carbonyl (C=O) groups is 1. The molecule has 0 spiro atoms. The first kappa shape index (κ1) is 14.5. The van der Waals surface area contributed by atoms with Gasteiger partial charge in [0.15, 0.2) is 0 Å². The first-order valence-corrected chi connectivity index (χ1v) is 6.91. The average Bonchev–Trinajstić information content (AvgIpc) is 2.45. The molecule has 5 nitrogen and oxygen atoms in total. The highest BCUT2D eigenvalue weighted by Gasteiger charge is 2.28. The minimum Gasteiger partial charge on any atom is -0.510 e. The fourth-order valence-corrected chi connectivity index (χ4v) is 2.68. The highest BCUT2D eigenvalue weighted by atomic mass is 16.4. The first-order valence-electron chi connectivity index (χ1n) is 6.91. The molecule has 108 valence electrons. The van der Waals surface area contributed by atoms with Gasteiger partial charge in [-0.15, -0.1) is 0 Å². The zero-order chi connectivity index (χ0) is 14.5. The molecule has 0 fully saturated rings. The summed E-state index contributed by atoms with van der Waals surface area (Å²) in [5.41, 5.74) is 1.31. The van der Waals surface area contributed by atoms with Crippen molar-refractivity contribution >= 4 is 5.97 Å². The van der Waals surface area contributed by atoms with Gasteiger partial charge in [-0.25, -0.2) is 4.79 Å². The van der Waals surface area contributed by atoms with Gasteiger partial charge in [0.25, 0.3) is 0 Å². The third-order valence-corrected chi connectivity index (χ3v) is 3.70. The lowest BCUT2D eigenvalue weighted by Gasteiger charge is -2.34. The van der Waals surface area contributed by atoms with Crippen LogP contribution < -0.4 is 0 Å². The van der Waals surface area contributed by atoms with E-state index in [0.717, 1.165) is 18.4 Å². The topological polar surface area (TPSA) is 73.7 Å². The Hall–Kier alpha value is -1.88. The fraction of sp³-hybridized carbons (Fsp3) is 0.467. The molecule has 1 aromatic rings. The molecule has 2 N–H and O–H groups in total. The molecule has 1 atom stereocenters. The van der Waals surface area contributed by atoms with E-state index in [1.807, 2.05) is 12.1 Å². The Morgan fingerprint density at radius 3 is 2.70 bits per heavy atom. The SMILES string of the molecule is CCCC(c1ccncc1)N1CCC(C(=O)O)=C(O)C1. The molecule has 1 unspecified atom stereocenters. The molecule has 2 heterocycles. The number of carboxylic acid groups (broad SMARTS) is 1. The lowest BCUT2D eigenvalue weighted by molar-refractivity contribution is -0.133. The molecule has 1 aliphatic heterocycles. The summed E-state index contributed by atoms with van der Waals surface area (Å²) in [6.45, 7) is 3.07. The van der Waals surface area contributed by atoms with Gasteiger partial charge < -0.3 is 10.2 Å². The van der Waals surface area contributed by atoms with Gasteiger partial charge in [-0.2, -0.15) is 0 Å². The van der Waals surface area contributed by atoms with E-state index in [0.29, 0.717) is 19.5 Å². The van der Waals surface area contributed by atoms with Gasteiger partial charge in [-0.1, -0.05) is 13.3 Å². The van der Waals surface area contributed by atoms with Gasteiger partial charge in [0.1, 0.15) is 5.76 Å². The highest BCUT2D eigenvalue weighted by Crippen LogP contribution is 2.29. The van der Waals surface area contributed by atoms with Crippen molar-refractivity contribution in [3.05, 3.63) is 41.4 Å². The van der Waals surface area contributed by atoms with E-state index < -0.39 is 5.97 Å². The second-order valence-electron chi connectivity index (χ2n) is 5.04. The number of hydrogen-bond donors (Lipinski definition) is 2. The minimum absolute atomic E-state index is 0.0149. The summed E-state index contributed by atoms with van der Waals surface area (Å²) in [6.07, 6.45) is 5.91. The normalized spacial score (nSPS) is 18.1. The maximum absolute atomic E-state index is 11.0. The van der Waals surface area contributed by atoms with E-state index in [9.17, 15) is 9.90 Å². The predicted molar refractivity (Wildman–Crippen MR) is 75.4 cm³/mol. The van der Waals surface area contributed by atoms with Crippen LogP contribution in [-0.4, -0.2) is 39.2 Å². The molecule has 2 rings (SSSR count). The second kappa shape index (κ2) is 6.52. The molecule has 0 amide bonds. The van der Waals surface area contributed by atoms with Gasteiger partial charge in [0.2, 0.25) is 0 Å². The summed E-state index contributed by atoms with van der Waals surface area (Å²) in [5, 5.41) is 18.9. The number of hydrogen-bond acceptors (Lipinski definition) is 4. The average molecular weight is 276 g/mol. The number of pyridine rings is 1. The first-order chi connectivity index (χ1) is 9.63. The molecule has 1 aromatic heterocycles. The lowest BCUT2D eigenvalue weighted by Crippen LogP contribution is -2.36. The van der Waals surface area contributed by atoms with E-state index in [2.05, 4.69) is 16.8 Å². The Labute approximate surface area is 118 Å². The molecule has 0 saturated carbocycles. The van der Waals surface area contributed by atoms with E-state index in [1.54, 1.807) is 12.4 Å². The quantitative estimate of drug-likeness (QED) is 0.864. The van der Waals surface area contributed by atoms with Crippen LogP contribution in [0.15, 0.2) is 35.9 Å². The van der Waals surface area contributed by atoms with Crippen molar-refractivity contribution in [3.63, 3.8) is 0 Å². The molecule has 0 bridgehead atoms. The van der Waals surface area contributed by atoms with Crippen molar-refractivity contribution in [1.82, 2.24) is 9.88 Å². The van der Waals surface area contributed by atoms with Gasteiger partial charge >= 0.3 is 5.97 Å². The standard InChI is InChI=1S/C15H20N2O3/c1-2-3-13(11-4-7-16-8-5-11)17-9-6-12(15(19)20)14(18)10-17/h4-5,7-8,13,18H,2-3,6,9-10H2,1H3,(H,19,20). The van der Waals surface area contributed by atoms with Crippen molar-refractivity contribution in [2.45, 2.75) is 32.2 Å². The smallest absolute Gasteiger partial charge is 0.335 e. The van der Waals surface area contributed by atoms with E-state index in [1.165, 1.54) is 0 Å². The minimum atomic E-state index is -1.02. The largest absolute Gasteiger partial charge is 0.510 e. The number of carboxylic acids is 1. The molecule has 0 radical (unpaired) electrons. The van der Waals surface area contributed by atoms with Gasteiger partial charge in [-0.05, 0) is 30.5 Å². The molecule has 20 heavy (non-hydrogen) atoms. The van der Waals surface area contributed by atoms with Crippen LogP contribution >= 0.6 is 0 Å². The zero-order valence-corrected chi connectivity index (χ0v) is 11.6. The van der Waals surface area contributed by atoms with Gasteiger partial charge in [-0.3, -0.25) is 9.88 Å². The van der Waals surface area contributed by atoms with Crippen molar-refractivity contribution < 1.29 is 15.0 Å². The molecule has 0 saturated heterocycles. The number of nitrogens with zero attached hydrogens (tertiary/aromatic N) is 2. The molecule has 0 aromatic carbocycles. The van der Waals surface area contributed by atoms with Crippen LogP contribution in [0.25, 0.3) is 0 Å². The Morgan fingerprint density at radius 1 is 1.45 bits per heavy atom. The van der Waals surface area contributed by atoms with Crippen LogP contribution in [0.4, 0.5) is 0 Å². The van der Waals surface area contributed by atoms with E-state index in [-0.39, 0.29) is 17.4 Å². The van der Waals surface area contributed by atoms with Crippen LogP contribution in [0.1, 0.15) is 37.8 Å². The van der Waals surface area contributed by atoms with Crippen molar-refractivity contribution in [2.24, 2.45) is 0 Å². The number of aromatic nitrogens is 1. The highest BCUT2D eigenvalue weighted by molar-refractivity contribution is 5.87. The molecular weight excluding hydrogens is 256 g/mol. The summed E-state index contributed by atoms with van der Waals surface area (Å²) in [6, 6.07) is 4.15. The fourth-order valence-electron chi connectivity index (χ4n) is 2.68. The summed E-state index contributed by atoms with van der Waals surface area (Å²) in [4.78, 5) is 17.2. The number of aliphatic hydroxyl groups is 1. The van der Waals surface area contributed by atoms with E-state index >= 15 is 0 Å². The Kier molecular flexibility index (Phi) is 4.74. The maximum atomic E-state index is 11.0. The predicted octanol–water partition coefficient (Wildman–Crippen LogP) is 2.53. The monoisotopic (exact) mass is 276 g/mol. The summed E-state index contributed by atoms with van der Waals surface area (Å²) in [5.74, 6) is -1.03. The molecular formula is C15H20N2O3. The van der Waals surface area contributed by atoms with Crippen LogP contribution in [0.5, 0.6) is 0 Å². The van der Waals surface area contributed by atoms with Crippen LogP contribution in [0.3, 0.4) is 0 Å². The number of aliphatic hydroxyl groups excluding tert-OH is 1. The number of aliphatic carboxylic acids is 1. The summed E-state index contributed by atoms with van der Waals surface area (Å²) >= 11 is 0.